The SMILES string of the molecule is O=C(O)c1cc(NS(=O)(=O)c2cnc(Cl)nc2)ccc1F. The van der Waals surface area contributed by atoms with E-state index in [1.165, 1.54) is 0 Å². The lowest BCUT2D eigenvalue weighted by atomic mass is 10.2. The molecule has 0 aliphatic rings. The van der Waals surface area contributed by atoms with Crippen LogP contribution in [-0.4, -0.2) is 29.5 Å². The van der Waals surface area contributed by atoms with E-state index >= 15 is 0 Å². The second kappa shape index (κ2) is 5.62. The number of hydrogen-bond acceptors (Lipinski definition) is 5. The number of aromatic nitrogens is 2. The van der Waals surface area contributed by atoms with Crippen molar-refractivity contribution < 1.29 is 22.7 Å². The second-order valence-electron chi connectivity index (χ2n) is 3.79. The number of benzene rings is 1. The lowest BCUT2D eigenvalue weighted by Gasteiger charge is -2.08. The van der Waals surface area contributed by atoms with E-state index in [2.05, 4.69) is 14.7 Å². The van der Waals surface area contributed by atoms with Gasteiger partial charge in [0, 0.05) is 5.69 Å². The molecule has 2 aromatic rings. The van der Waals surface area contributed by atoms with Gasteiger partial charge in [-0.25, -0.2) is 27.6 Å². The van der Waals surface area contributed by atoms with Gasteiger partial charge in [0.2, 0.25) is 5.28 Å². The van der Waals surface area contributed by atoms with Gasteiger partial charge in [-0.1, -0.05) is 0 Å². The van der Waals surface area contributed by atoms with Gasteiger partial charge in [0.15, 0.2) is 0 Å². The first kappa shape index (κ1) is 15.1. The summed E-state index contributed by atoms with van der Waals surface area (Å²) in [5.74, 6) is -2.48. The summed E-state index contributed by atoms with van der Waals surface area (Å²) in [5.41, 5.74) is -0.758. The van der Waals surface area contributed by atoms with Crippen LogP contribution in [0.25, 0.3) is 0 Å². The van der Waals surface area contributed by atoms with E-state index < -0.39 is 27.4 Å². The number of nitrogens with zero attached hydrogens (tertiary/aromatic N) is 2. The predicted octanol–water partition coefficient (Wildman–Crippen LogP) is 1.77. The van der Waals surface area contributed by atoms with Crippen molar-refractivity contribution in [2.45, 2.75) is 4.90 Å². The fourth-order valence-electron chi connectivity index (χ4n) is 1.41. The van der Waals surface area contributed by atoms with E-state index in [0.717, 1.165) is 30.6 Å². The molecule has 1 heterocycles. The monoisotopic (exact) mass is 331 g/mol. The molecule has 21 heavy (non-hydrogen) atoms. The van der Waals surface area contributed by atoms with E-state index in [4.69, 9.17) is 16.7 Å². The van der Waals surface area contributed by atoms with Gasteiger partial charge in [0.25, 0.3) is 10.0 Å². The Labute approximate surface area is 123 Å². The fraction of sp³-hybridized carbons (Fsp3) is 0. The third-order valence-electron chi connectivity index (χ3n) is 2.36. The van der Waals surface area contributed by atoms with Crippen LogP contribution in [0.5, 0.6) is 0 Å². The van der Waals surface area contributed by atoms with Crippen molar-refractivity contribution >= 4 is 33.3 Å². The number of nitrogens with one attached hydrogen (secondary N) is 1. The molecule has 0 fully saturated rings. The molecule has 0 radical (unpaired) electrons. The molecule has 0 unspecified atom stereocenters. The second-order valence-corrected chi connectivity index (χ2v) is 5.81. The van der Waals surface area contributed by atoms with Gasteiger partial charge in [-0.3, -0.25) is 4.72 Å². The maximum Gasteiger partial charge on any atom is 0.338 e. The van der Waals surface area contributed by atoms with Crippen molar-refractivity contribution in [1.82, 2.24) is 9.97 Å². The minimum Gasteiger partial charge on any atom is -0.478 e. The van der Waals surface area contributed by atoms with Crippen molar-refractivity contribution in [1.29, 1.82) is 0 Å². The molecule has 1 aromatic heterocycles. The first-order valence-electron chi connectivity index (χ1n) is 5.33. The van der Waals surface area contributed by atoms with Crippen LogP contribution in [0.2, 0.25) is 5.28 Å². The molecule has 0 bridgehead atoms. The molecule has 110 valence electrons. The highest BCUT2D eigenvalue weighted by atomic mass is 35.5. The first-order chi connectivity index (χ1) is 9.79. The maximum absolute atomic E-state index is 13.2. The Morgan fingerprint density at radius 1 is 1.29 bits per heavy atom. The zero-order valence-corrected chi connectivity index (χ0v) is 11.7. The molecule has 10 heteroatoms. The lowest BCUT2D eigenvalue weighted by molar-refractivity contribution is 0.0692. The van der Waals surface area contributed by atoms with Crippen LogP contribution in [-0.2, 0) is 10.0 Å². The number of aromatic carboxylic acids is 1. The van der Waals surface area contributed by atoms with Crippen LogP contribution in [0.1, 0.15) is 10.4 Å². The highest BCUT2D eigenvalue weighted by Gasteiger charge is 2.17. The van der Waals surface area contributed by atoms with E-state index in [1.54, 1.807) is 0 Å². The number of carbonyl (C=O) groups is 1. The summed E-state index contributed by atoms with van der Waals surface area (Å²) in [4.78, 5) is 17.6. The highest BCUT2D eigenvalue weighted by Crippen LogP contribution is 2.19. The summed E-state index contributed by atoms with van der Waals surface area (Å²) >= 11 is 5.45. The standard InChI is InChI=1S/C11H7ClFN3O4S/c12-11-14-4-7(5-15-11)21(19,20)16-6-1-2-9(13)8(3-6)10(17)18/h1-5,16H,(H,17,18). The van der Waals surface area contributed by atoms with Crippen molar-refractivity contribution in [3.8, 4) is 0 Å². The summed E-state index contributed by atoms with van der Waals surface area (Å²) in [6.07, 6.45) is 1.97. The molecule has 0 saturated carbocycles. The number of sulfonamides is 1. The molecule has 2 rings (SSSR count). The molecular formula is C11H7ClFN3O4S. The number of hydrogen-bond donors (Lipinski definition) is 2. The Bertz CT molecular complexity index is 796. The fourth-order valence-corrected chi connectivity index (χ4v) is 2.44. The third-order valence-corrected chi connectivity index (χ3v) is 3.89. The molecule has 0 aliphatic heterocycles. The molecule has 0 atom stereocenters. The minimum atomic E-state index is -4.03. The average molecular weight is 332 g/mol. The highest BCUT2D eigenvalue weighted by molar-refractivity contribution is 7.92. The quantitative estimate of drug-likeness (QED) is 0.826. The number of anilines is 1. The molecular weight excluding hydrogens is 325 g/mol. The third kappa shape index (κ3) is 3.44. The normalized spacial score (nSPS) is 11.1. The molecule has 2 N–H and O–H groups in total. The largest absolute Gasteiger partial charge is 0.478 e. The number of carboxylic acids is 1. The Morgan fingerprint density at radius 2 is 1.90 bits per heavy atom. The molecule has 0 spiro atoms. The Kier molecular flexibility index (Phi) is 4.05. The summed E-state index contributed by atoms with van der Waals surface area (Å²) in [6.45, 7) is 0. The van der Waals surface area contributed by atoms with E-state index in [-0.39, 0.29) is 15.9 Å². The summed E-state index contributed by atoms with van der Waals surface area (Å²) in [5, 5.41) is 8.66. The van der Waals surface area contributed by atoms with Gasteiger partial charge in [-0.15, -0.1) is 0 Å². The van der Waals surface area contributed by atoms with Crippen LogP contribution >= 0.6 is 11.6 Å². The van der Waals surface area contributed by atoms with Gasteiger partial charge in [0.1, 0.15) is 10.7 Å². The van der Waals surface area contributed by atoms with E-state index in [0.29, 0.717) is 0 Å². The molecule has 0 amide bonds. The van der Waals surface area contributed by atoms with Gasteiger partial charge >= 0.3 is 5.97 Å². The Morgan fingerprint density at radius 3 is 2.48 bits per heavy atom. The van der Waals surface area contributed by atoms with Gasteiger partial charge in [0.05, 0.1) is 18.0 Å². The smallest absolute Gasteiger partial charge is 0.338 e. The van der Waals surface area contributed by atoms with Crippen molar-refractivity contribution in [3.05, 3.63) is 47.3 Å². The molecule has 0 saturated heterocycles. The maximum atomic E-state index is 13.2. The number of halogens is 2. The van der Waals surface area contributed by atoms with Crippen molar-refractivity contribution in [3.63, 3.8) is 0 Å². The first-order valence-corrected chi connectivity index (χ1v) is 7.19. The minimum absolute atomic E-state index is 0.108. The van der Waals surface area contributed by atoms with E-state index in [1.807, 2.05) is 0 Å². The Hall–Kier alpha value is -2.26. The molecule has 7 nitrogen and oxygen atoms in total. The van der Waals surface area contributed by atoms with Crippen LogP contribution in [0.4, 0.5) is 10.1 Å². The van der Waals surface area contributed by atoms with Crippen LogP contribution < -0.4 is 4.72 Å². The topological polar surface area (TPSA) is 109 Å². The average Bonchev–Trinajstić information content (AvgIpc) is 2.41. The summed E-state index contributed by atoms with van der Waals surface area (Å²) in [7, 11) is -4.03. The predicted molar refractivity (Wildman–Crippen MR) is 71.2 cm³/mol. The van der Waals surface area contributed by atoms with Gasteiger partial charge < -0.3 is 5.11 Å². The molecule has 1 aromatic carbocycles. The van der Waals surface area contributed by atoms with E-state index in [9.17, 15) is 17.6 Å². The van der Waals surface area contributed by atoms with Crippen molar-refractivity contribution in [2.24, 2.45) is 0 Å². The van der Waals surface area contributed by atoms with Crippen LogP contribution in [0, 0.1) is 5.82 Å². The molecule has 0 aliphatic carbocycles. The number of rotatable bonds is 4. The van der Waals surface area contributed by atoms with Gasteiger partial charge in [-0.2, -0.15) is 0 Å². The van der Waals surface area contributed by atoms with Crippen molar-refractivity contribution in [2.75, 3.05) is 4.72 Å². The van der Waals surface area contributed by atoms with Gasteiger partial charge in [-0.05, 0) is 29.8 Å². The summed E-state index contributed by atoms with van der Waals surface area (Å²) in [6, 6.07) is 2.81. The van der Waals surface area contributed by atoms with Crippen LogP contribution in [0.3, 0.4) is 0 Å². The number of carboxylic acid groups (broad SMARTS) is 1. The summed E-state index contributed by atoms with van der Waals surface area (Å²) < 4.78 is 39.3. The van der Waals surface area contributed by atoms with Crippen LogP contribution in [0.15, 0.2) is 35.5 Å². The Balaban J connectivity index is 2.35. The zero-order valence-electron chi connectivity index (χ0n) is 10.1. The zero-order chi connectivity index (χ0) is 15.6. The lowest BCUT2D eigenvalue weighted by Crippen LogP contribution is -2.14.